The van der Waals surface area contributed by atoms with Gasteiger partial charge in [0.15, 0.2) is 0 Å². The van der Waals surface area contributed by atoms with E-state index in [-0.39, 0.29) is 23.6 Å². The Hall–Kier alpha value is 0.275. The number of halogens is 1. The van der Waals surface area contributed by atoms with Crippen LogP contribution in [0.1, 0.15) is 41.0 Å². The van der Waals surface area contributed by atoms with E-state index in [1.165, 1.54) is 0 Å². The smallest absolute Gasteiger partial charge is 0.402 e. The first kappa shape index (κ1) is 11.4. The molecule has 0 bridgehead atoms. The molecule has 2 nitrogen and oxygen atoms in total. The molecule has 1 fully saturated rings. The molecule has 0 amide bonds. The SMILES string of the molecule is CC[C@H](Cl)B1OC(C)(C)C(C)(C)O1. The van der Waals surface area contributed by atoms with Crippen LogP contribution in [0.15, 0.2) is 0 Å². The minimum atomic E-state index is -0.267. The first-order valence-corrected chi connectivity index (χ1v) is 5.23. The molecule has 13 heavy (non-hydrogen) atoms. The Balaban J connectivity index is 2.70. The molecule has 1 rings (SSSR count). The molecule has 1 saturated heterocycles. The predicted molar refractivity (Wildman–Crippen MR) is 56.0 cm³/mol. The lowest BCUT2D eigenvalue weighted by Gasteiger charge is -2.32. The van der Waals surface area contributed by atoms with Gasteiger partial charge in [-0.3, -0.25) is 0 Å². The molecule has 0 radical (unpaired) electrons. The molecule has 0 spiro atoms. The molecule has 0 saturated carbocycles. The molecule has 0 N–H and O–H groups in total. The second-order valence-electron chi connectivity index (χ2n) is 4.55. The minimum absolute atomic E-state index is 0.0546. The number of alkyl halides is 1. The number of hydrogen-bond donors (Lipinski definition) is 0. The van der Waals surface area contributed by atoms with Crippen molar-refractivity contribution >= 4 is 18.7 Å². The zero-order valence-corrected chi connectivity index (χ0v) is 9.81. The van der Waals surface area contributed by atoms with Crippen molar-refractivity contribution in [2.75, 3.05) is 0 Å². The fourth-order valence-electron chi connectivity index (χ4n) is 1.23. The third kappa shape index (κ3) is 2.03. The van der Waals surface area contributed by atoms with E-state index in [2.05, 4.69) is 0 Å². The van der Waals surface area contributed by atoms with Crippen molar-refractivity contribution in [2.24, 2.45) is 0 Å². The van der Waals surface area contributed by atoms with Gasteiger partial charge in [-0.25, -0.2) is 0 Å². The fourth-order valence-corrected chi connectivity index (χ4v) is 1.33. The Morgan fingerprint density at radius 1 is 1.15 bits per heavy atom. The summed E-state index contributed by atoms with van der Waals surface area (Å²) in [6.07, 6.45) is 0.860. The van der Waals surface area contributed by atoms with Crippen molar-refractivity contribution in [1.29, 1.82) is 0 Å². The lowest BCUT2D eigenvalue weighted by Crippen LogP contribution is -2.41. The average molecular weight is 205 g/mol. The maximum absolute atomic E-state index is 6.08. The van der Waals surface area contributed by atoms with E-state index < -0.39 is 0 Å². The molecule has 0 aromatic carbocycles. The first-order valence-electron chi connectivity index (χ1n) is 4.80. The van der Waals surface area contributed by atoms with Crippen molar-refractivity contribution in [2.45, 2.75) is 57.5 Å². The molecular formula is C9H18BClO2. The third-order valence-electron chi connectivity index (χ3n) is 2.96. The largest absolute Gasteiger partial charge is 0.476 e. The van der Waals surface area contributed by atoms with Gasteiger partial charge in [0.05, 0.1) is 16.5 Å². The monoisotopic (exact) mass is 204 g/mol. The van der Waals surface area contributed by atoms with Gasteiger partial charge in [0.25, 0.3) is 0 Å². The molecule has 0 aliphatic carbocycles. The molecule has 1 aliphatic heterocycles. The van der Waals surface area contributed by atoms with Gasteiger partial charge in [0.2, 0.25) is 0 Å². The van der Waals surface area contributed by atoms with Crippen LogP contribution in [-0.2, 0) is 9.31 Å². The van der Waals surface area contributed by atoms with Gasteiger partial charge >= 0.3 is 7.12 Å². The summed E-state index contributed by atoms with van der Waals surface area (Å²) >= 11 is 6.08. The van der Waals surface area contributed by atoms with E-state index in [1.54, 1.807) is 0 Å². The van der Waals surface area contributed by atoms with E-state index in [4.69, 9.17) is 20.9 Å². The summed E-state index contributed by atoms with van der Waals surface area (Å²) in [4.78, 5) is 0. The topological polar surface area (TPSA) is 18.5 Å². The van der Waals surface area contributed by atoms with Crippen molar-refractivity contribution in [1.82, 2.24) is 0 Å². The van der Waals surface area contributed by atoms with Gasteiger partial charge in [0, 0.05) is 0 Å². The van der Waals surface area contributed by atoms with Gasteiger partial charge < -0.3 is 9.31 Å². The molecule has 0 aromatic heterocycles. The highest BCUT2D eigenvalue weighted by atomic mass is 35.5. The van der Waals surface area contributed by atoms with E-state index >= 15 is 0 Å². The summed E-state index contributed by atoms with van der Waals surface area (Å²) in [5, 5.41) is -0.0546. The Labute approximate surface area is 86.1 Å². The van der Waals surface area contributed by atoms with Gasteiger partial charge in [-0.2, -0.15) is 0 Å². The van der Waals surface area contributed by atoms with Crippen molar-refractivity contribution < 1.29 is 9.31 Å². The molecule has 1 atom stereocenters. The molecule has 4 heteroatoms. The molecule has 76 valence electrons. The maximum atomic E-state index is 6.08. The van der Waals surface area contributed by atoms with Gasteiger partial charge in [-0.1, -0.05) is 6.92 Å². The highest BCUT2D eigenvalue weighted by Crippen LogP contribution is 2.38. The second-order valence-corrected chi connectivity index (χ2v) is 5.11. The summed E-state index contributed by atoms with van der Waals surface area (Å²) in [6, 6.07) is 0. The van der Waals surface area contributed by atoms with Crippen molar-refractivity contribution in [3.05, 3.63) is 0 Å². The Morgan fingerprint density at radius 2 is 1.54 bits per heavy atom. The molecule has 0 unspecified atom stereocenters. The summed E-state index contributed by atoms with van der Waals surface area (Å²) < 4.78 is 11.5. The van der Waals surface area contributed by atoms with Crippen LogP contribution in [0.4, 0.5) is 0 Å². The normalized spacial score (nSPS) is 27.7. The Bertz CT molecular complexity index is 178. The van der Waals surface area contributed by atoms with E-state index in [0.717, 1.165) is 6.42 Å². The molecule has 1 heterocycles. The minimum Gasteiger partial charge on any atom is -0.402 e. The summed E-state index contributed by atoms with van der Waals surface area (Å²) in [7, 11) is -0.267. The van der Waals surface area contributed by atoms with Crippen molar-refractivity contribution in [3.63, 3.8) is 0 Å². The van der Waals surface area contributed by atoms with Gasteiger partial charge in [-0.05, 0) is 34.1 Å². The Kier molecular flexibility index (Phi) is 3.01. The lowest BCUT2D eigenvalue weighted by molar-refractivity contribution is 0.00578. The van der Waals surface area contributed by atoms with Crippen LogP contribution in [0.2, 0.25) is 0 Å². The maximum Gasteiger partial charge on any atom is 0.476 e. The summed E-state index contributed by atoms with van der Waals surface area (Å²) in [5.74, 6) is 0. The van der Waals surface area contributed by atoms with Crippen LogP contribution >= 0.6 is 11.6 Å². The average Bonchev–Trinajstić information content (AvgIpc) is 2.20. The zero-order valence-electron chi connectivity index (χ0n) is 9.06. The van der Waals surface area contributed by atoms with Crippen LogP contribution in [0.3, 0.4) is 0 Å². The quantitative estimate of drug-likeness (QED) is 0.509. The van der Waals surface area contributed by atoms with Gasteiger partial charge in [0.1, 0.15) is 0 Å². The fraction of sp³-hybridized carbons (Fsp3) is 1.00. The van der Waals surface area contributed by atoms with Crippen LogP contribution < -0.4 is 0 Å². The van der Waals surface area contributed by atoms with Crippen LogP contribution in [0.25, 0.3) is 0 Å². The molecule has 0 aromatic rings. The lowest BCUT2D eigenvalue weighted by atomic mass is 9.83. The first-order chi connectivity index (χ1) is 5.80. The standard InChI is InChI=1S/C9H18BClO2/c1-6-7(11)10-12-8(2,3)9(4,5)13-10/h7H,6H2,1-5H3/t7-/m0/s1. The van der Waals surface area contributed by atoms with Crippen LogP contribution in [0.5, 0.6) is 0 Å². The van der Waals surface area contributed by atoms with Crippen LogP contribution in [0, 0.1) is 0 Å². The summed E-state index contributed by atoms with van der Waals surface area (Å²) in [5.41, 5.74) is -0.528. The zero-order chi connectivity index (χ0) is 10.3. The molecule has 1 aliphatic rings. The van der Waals surface area contributed by atoms with E-state index in [1.807, 2.05) is 34.6 Å². The second kappa shape index (κ2) is 3.45. The van der Waals surface area contributed by atoms with E-state index in [9.17, 15) is 0 Å². The van der Waals surface area contributed by atoms with Crippen molar-refractivity contribution in [3.8, 4) is 0 Å². The number of rotatable bonds is 2. The highest BCUT2D eigenvalue weighted by Gasteiger charge is 2.53. The van der Waals surface area contributed by atoms with Crippen LogP contribution in [-0.4, -0.2) is 23.6 Å². The summed E-state index contributed by atoms with van der Waals surface area (Å²) in [6.45, 7) is 10.2. The highest BCUT2D eigenvalue weighted by molar-refractivity contribution is 6.59. The van der Waals surface area contributed by atoms with E-state index in [0.29, 0.717) is 0 Å². The molecular weight excluding hydrogens is 186 g/mol. The Morgan fingerprint density at radius 3 is 1.85 bits per heavy atom. The predicted octanol–water partition coefficient (Wildman–Crippen LogP) is 2.64. The van der Waals surface area contributed by atoms with Gasteiger partial charge in [-0.15, -0.1) is 11.6 Å². The number of hydrogen-bond acceptors (Lipinski definition) is 2. The third-order valence-corrected chi connectivity index (χ3v) is 3.47.